The number of ether oxygens (including phenoxy) is 1. The first-order valence-electron chi connectivity index (χ1n) is 6.17. The van der Waals surface area contributed by atoms with Crippen LogP contribution in [0.25, 0.3) is 0 Å². The van der Waals surface area contributed by atoms with Crippen LogP contribution in [0, 0.1) is 17.8 Å². The number of methoxy groups -OCH3 is 1. The summed E-state index contributed by atoms with van der Waals surface area (Å²) in [4.78, 5) is 0. The van der Waals surface area contributed by atoms with Crippen LogP contribution in [0.15, 0.2) is 24.3 Å². The summed E-state index contributed by atoms with van der Waals surface area (Å²) in [6, 6.07) is 8.44. The van der Waals surface area contributed by atoms with Crippen molar-refractivity contribution in [1.29, 1.82) is 0 Å². The van der Waals surface area contributed by atoms with E-state index in [1.165, 1.54) is 24.8 Å². The molecular weight excluding hydrogens is 198 g/mol. The number of fused-ring (bicyclic) bond motifs is 1. The standard InChI is InChI=1S/C14H19NO/c1-16-13-4-2-9(3-5-13)14(15)12-7-10-6-11(10)8-12/h2-5,10-12,14H,6-8,15H2,1H3. The Balaban J connectivity index is 1.70. The van der Waals surface area contributed by atoms with Crippen molar-refractivity contribution in [2.75, 3.05) is 7.11 Å². The molecule has 2 nitrogen and oxygen atoms in total. The van der Waals surface area contributed by atoms with Gasteiger partial charge in [-0.3, -0.25) is 0 Å². The summed E-state index contributed by atoms with van der Waals surface area (Å²) in [6.07, 6.45) is 4.15. The van der Waals surface area contributed by atoms with Crippen LogP contribution in [0.3, 0.4) is 0 Å². The van der Waals surface area contributed by atoms with Crippen molar-refractivity contribution in [3.8, 4) is 5.75 Å². The van der Waals surface area contributed by atoms with E-state index in [0.717, 1.165) is 17.6 Å². The highest BCUT2D eigenvalue weighted by Gasteiger charge is 2.47. The highest BCUT2D eigenvalue weighted by Crippen LogP contribution is 2.56. The number of benzene rings is 1. The lowest BCUT2D eigenvalue weighted by atomic mass is 9.90. The molecule has 0 bridgehead atoms. The quantitative estimate of drug-likeness (QED) is 0.845. The van der Waals surface area contributed by atoms with E-state index in [1.807, 2.05) is 12.1 Å². The van der Waals surface area contributed by atoms with Crippen LogP contribution < -0.4 is 10.5 Å². The minimum absolute atomic E-state index is 0.221. The Morgan fingerprint density at radius 3 is 2.31 bits per heavy atom. The van der Waals surface area contributed by atoms with Gasteiger partial charge in [0.25, 0.3) is 0 Å². The predicted molar refractivity (Wildman–Crippen MR) is 64.2 cm³/mol. The van der Waals surface area contributed by atoms with Crippen LogP contribution in [0.5, 0.6) is 5.75 Å². The smallest absolute Gasteiger partial charge is 0.118 e. The molecule has 0 radical (unpaired) electrons. The van der Waals surface area contributed by atoms with E-state index < -0.39 is 0 Å². The Morgan fingerprint density at radius 2 is 1.75 bits per heavy atom. The van der Waals surface area contributed by atoms with Crippen LogP contribution in [0.4, 0.5) is 0 Å². The number of rotatable bonds is 3. The molecule has 3 unspecified atom stereocenters. The van der Waals surface area contributed by atoms with E-state index in [9.17, 15) is 0 Å². The molecule has 1 aromatic carbocycles. The molecule has 3 atom stereocenters. The molecule has 2 heteroatoms. The van der Waals surface area contributed by atoms with Gasteiger partial charge in [0.15, 0.2) is 0 Å². The van der Waals surface area contributed by atoms with Crippen molar-refractivity contribution in [2.24, 2.45) is 23.5 Å². The Morgan fingerprint density at radius 1 is 1.12 bits per heavy atom. The molecule has 2 saturated carbocycles. The van der Waals surface area contributed by atoms with Gasteiger partial charge in [-0.15, -0.1) is 0 Å². The second kappa shape index (κ2) is 3.77. The Hall–Kier alpha value is -1.02. The lowest BCUT2D eigenvalue weighted by molar-refractivity contribution is 0.400. The largest absolute Gasteiger partial charge is 0.497 e. The highest BCUT2D eigenvalue weighted by molar-refractivity contribution is 5.29. The van der Waals surface area contributed by atoms with Crippen molar-refractivity contribution in [2.45, 2.75) is 25.3 Å². The first-order chi connectivity index (χ1) is 7.78. The normalized spacial score (nSPS) is 33.2. The van der Waals surface area contributed by atoms with Gasteiger partial charge in [0.2, 0.25) is 0 Å². The fraction of sp³-hybridized carbons (Fsp3) is 0.571. The summed E-state index contributed by atoms with van der Waals surface area (Å²) >= 11 is 0. The molecule has 0 saturated heterocycles. The average Bonchev–Trinajstić information content (AvgIpc) is 2.95. The van der Waals surface area contributed by atoms with Gasteiger partial charge in [-0.2, -0.15) is 0 Å². The summed E-state index contributed by atoms with van der Waals surface area (Å²) in [5, 5.41) is 0. The van der Waals surface area contributed by atoms with E-state index >= 15 is 0 Å². The van der Waals surface area contributed by atoms with E-state index in [2.05, 4.69) is 12.1 Å². The average molecular weight is 217 g/mol. The number of hydrogen-bond donors (Lipinski definition) is 1. The fourth-order valence-electron chi connectivity index (χ4n) is 3.15. The Kier molecular flexibility index (Phi) is 2.40. The molecule has 0 spiro atoms. The molecule has 2 N–H and O–H groups in total. The molecule has 0 aliphatic heterocycles. The van der Waals surface area contributed by atoms with Gasteiger partial charge >= 0.3 is 0 Å². The van der Waals surface area contributed by atoms with Crippen LogP contribution >= 0.6 is 0 Å². The van der Waals surface area contributed by atoms with Crippen LogP contribution in [0.1, 0.15) is 30.9 Å². The van der Waals surface area contributed by atoms with E-state index in [-0.39, 0.29) is 6.04 Å². The minimum atomic E-state index is 0.221. The Bertz CT molecular complexity index is 363. The second-order valence-corrected chi connectivity index (χ2v) is 5.29. The molecule has 86 valence electrons. The van der Waals surface area contributed by atoms with E-state index in [4.69, 9.17) is 10.5 Å². The summed E-state index contributed by atoms with van der Waals surface area (Å²) in [5.41, 5.74) is 7.59. The van der Waals surface area contributed by atoms with Gasteiger partial charge < -0.3 is 10.5 Å². The summed E-state index contributed by atoms with van der Waals surface area (Å²) in [7, 11) is 1.69. The van der Waals surface area contributed by atoms with Crippen molar-refractivity contribution >= 4 is 0 Å². The van der Waals surface area contributed by atoms with Gasteiger partial charge in [-0.25, -0.2) is 0 Å². The van der Waals surface area contributed by atoms with Crippen molar-refractivity contribution in [3.63, 3.8) is 0 Å². The third kappa shape index (κ3) is 1.71. The van der Waals surface area contributed by atoms with Gasteiger partial charge in [0.1, 0.15) is 5.75 Å². The molecule has 16 heavy (non-hydrogen) atoms. The zero-order valence-corrected chi connectivity index (χ0v) is 9.73. The first kappa shape index (κ1) is 10.2. The molecule has 0 aromatic heterocycles. The van der Waals surface area contributed by atoms with Gasteiger partial charge in [-0.05, 0) is 54.7 Å². The molecule has 2 aliphatic rings. The van der Waals surface area contributed by atoms with E-state index in [1.54, 1.807) is 7.11 Å². The lowest BCUT2D eigenvalue weighted by Gasteiger charge is -2.21. The predicted octanol–water partition coefficient (Wildman–Crippen LogP) is 2.74. The maximum absolute atomic E-state index is 6.33. The van der Waals surface area contributed by atoms with Gasteiger partial charge in [-0.1, -0.05) is 12.1 Å². The number of nitrogens with two attached hydrogens (primary N) is 1. The third-order valence-electron chi connectivity index (χ3n) is 4.29. The minimum Gasteiger partial charge on any atom is -0.497 e. The fourth-order valence-corrected chi connectivity index (χ4v) is 3.15. The van der Waals surface area contributed by atoms with Crippen LogP contribution in [0.2, 0.25) is 0 Å². The summed E-state index contributed by atoms with van der Waals surface area (Å²) in [5.74, 6) is 3.63. The molecule has 0 heterocycles. The zero-order chi connectivity index (χ0) is 11.1. The van der Waals surface area contributed by atoms with Crippen molar-refractivity contribution in [3.05, 3.63) is 29.8 Å². The van der Waals surface area contributed by atoms with Gasteiger partial charge in [0, 0.05) is 6.04 Å². The molecule has 2 aliphatic carbocycles. The number of hydrogen-bond acceptors (Lipinski definition) is 2. The first-order valence-corrected chi connectivity index (χ1v) is 6.17. The Labute approximate surface area is 96.8 Å². The topological polar surface area (TPSA) is 35.2 Å². The zero-order valence-electron chi connectivity index (χ0n) is 9.73. The SMILES string of the molecule is COc1ccc(C(N)C2CC3CC3C2)cc1. The molecular formula is C14H19NO. The third-order valence-corrected chi connectivity index (χ3v) is 4.29. The highest BCUT2D eigenvalue weighted by atomic mass is 16.5. The second-order valence-electron chi connectivity index (χ2n) is 5.29. The van der Waals surface area contributed by atoms with Gasteiger partial charge in [0.05, 0.1) is 7.11 Å². The maximum atomic E-state index is 6.33. The van der Waals surface area contributed by atoms with Crippen LogP contribution in [-0.2, 0) is 0 Å². The summed E-state index contributed by atoms with van der Waals surface area (Å²) in [6.45, 7) is 0. The monoisotopic (exact) mass is 217 g/mol. The maximum Gasteiger partial charge on any atom is 0.118 e. The lowest BCUT2D eigenvalue weighted by Crippen LogP contribution is -2.20. The van der Waals surface area contributed by atoms with Crippen molar-refractivity contribution in [1.82, 2.24) is 0 Å². The summed E-state index contributed by atoms with van der Waals surface area (Å²) < 4.78 is 5.16. The molecule has 1 aromatic rings. The molecule has 3 rings (SSSR count). The van der Waals surface area contributed by atoms with Crippen LogP contribution in [-0.4, -0.2) is 7.11 Å². The molecule has 0 amide bonds. The molecule has 2 fully saturated rings. The van der Waals surface area contributed by atoms with E-state index in [0.29, 0.717) is 5.92 Å². The van der Waals surface area contributed by atoms with Crippen molar-refractivity contribution < 1.29 is 4.74 Å².